The van der Waals surface area contributed by atoms with Crippen molar-refractivity contribution in [2.24, 2.45) is 0 Å². The lowest BCUT2D eigenvalue weighted by atomic mass is 9.95. The number of hydrogen-bond acceptors (Lipinski definition) is 8. The molecule has 0 saturated carbocycles. The molecule has 3 aromatic heterocycles. The lowest BCUT2D eigenvalue weighted by molar-refractivity contribution is 0.107. The van der Waals surface area contributed by atoms with Gasteiger partial charge >= 0.3 is 6.01 Å². The molecule has 3 fully saturated rings. The third-order valence-corrected chi connectivity index (χ3v) is 8.36. The first-order chi connectivity index (χ1) is 18.5. The minimum Gasteiger partial charge on any atom is -0.461 e. The summed E-state index contributed by atoms with van der Waals surface area (Å²) in [6, 6.07) is 3.96. The third-order valence-electron chi connectivity index (χ3n) is 8.36. The molecule has 0 bridgehead atoms. The van der Waals surface area contributed by atoms with Gasteiger partial charge in [0.1, 0.15) is 29.8 Å². The SMILES string of the molecule is Cc1ccc2[nH]ncc2c1-c1ncc2c(N3CCNCC3)nc(OC[C@@]34CCCN3C[C@H](F)C4)nc2c1F. The minimum absolute atomic E-state index is 0.115. The molecule has 3 aliphatic rings. The zero-order valence-electron chi connectivity index (χ0n) is 21.3. The van der Waals surface area contributed by atoms with Gasteiger partial charge in [0, 0.05) is 56.3 Å². The molecule has 7 rings (SSSR count). The smallest absolute Gasteiger partial charge is 0.319 e. The topological polar surface area (TPSA) is 95.1 Å². The quantitative estimate of drug-likeness (QED) is 0.414. The van der Waals surface area contributed by atoms with Crippen molar-refractivity contribution in [1.29, 1.82) is 0 Å². The number of nitrogens with zero attached hydrogens (tertiary/aromatic N) is 6. The molecular weight excluding hydrogens is 490 g/mol. The van der Waals surface area contributed by atoms with Crippen molar-refractivity contribution in [3.63, 3.8) is 0 Å². The summed E-state index contributed by atoms with van der Waals surface area (Å²) in [5.41, 5.74) is 2.42. The van der Waals surface area contributed by atoms with E-state index in [9.17, 15) is 4.39 Å². The van der Waals surface area contributed by atoms with Crippen molar-refractivity contribution >= 4 is 27.6 Å². The van der Waals surface area contributed by atoms with Crippen molar-refractivity contribution < 1.29 is 13.5 Å². The number of hydrogen-bond donors (Lipinski definition) is 2. The predicted octanol–water partition coefficient (Wildman–Crippen LogP) is 3.38. The highest BCUT2D eigenvalue weighted by Gasteiger charge is 2.49. The zero-order chi connectivity index (χ0) is 25.9. The number of piperazine rings is 1. The normalized spacial score (nSPS) is 24.0. The largest absolute Gasteiger partial charge is 0.461 e. The van der Waals surface area contributed by atoms with Gasteiger partial charge in [0.2, 0.25) is 0 Å². The second kappa shape index (κ2) is 9.09. The lowest BCUT2D eigenvalue weighted by Gasteiger charge is -2.31. The molecule has 0 aliphatic carbocycles. The standard InChI is InChI=1S/C27H30F2N8O/c1-16-3-4-20-18(13-32-35-20)21(16)24-22(29)23-19(12-31-24)25(36-9-6-30-7-10-36)34-26(33-23)38-15-27-5-2-8-37(27)14-17(28)11-27/h3-4,12-13,17,30H,2,5-11,14-15H2,1H3,(H,32,35)/t17-,27+/m1/s1. The molecule has 198 valence electrons. The molecule has 1 aromatic carbocycles. The van der Waals surface area contributed by atoms with Crippen LogP contribution in [0.25, 0.3) is 33.1 Å². The maximum atomic E-state index is 16.4. The second-order valence-corrected chi connectivity index (χ2v) is 10.7. The van der Waals surface area contributed by atoms with Crippen LogP contribution in [0.1, 0.15) is 24.8 Å². The number of aromatic amines is 1. The molecule has 3 aliphatic heterocycles. The Morgan fingerprint density at radius 1 is 1.13 bits per heavy atom. The number of H-pyrrole nitrogens is 1. The monoisotopic (exact) mass is 520 g/mol. The van der Waals surface area contributed by atoms with Crippen molar-refractivity contribution in [3.8, 4) is 17.3 Å². The van der Waals surface area contributed by atoms with Crippen molar-refractivity contribution in [2.75, 3.05) is 50.8 Å². The molecule has 0 amide bonds. The molecule has 2 atom stereocenters. The van der Waals surface area contributed by atoms with Crippen LogP contribution in [0, 0.1) is 12.7 Å². The number of aromatic nitrogens is 5. The zero-order valence-corrected chi connectivity index (χ0v) is 21.3. The van der Waals surface area contributed by atoms with E-state index in [4.69, 9.17) is 9.72 Å². The van der Waals surface area contributed by atoms with E-state index in [-0.39, 0.29) is 29.4 Å². The number of nitrogens with one attached hydrogen (secondary N) is 2. The number of anilines is 1. The van der Waals surface area contributed by atoms with E-state index in [1.807, 2.05) is 19.1 Å². The van der Waals surface area contributed by atoms with Crippen LogP contribution in [0.4, 0.5) is 14.6 Å². The molecule has 4 aromatic rings. The first kappa shape index (κ1) is 23.7. The third kappa shape index (κ3) is 3.79. The lowest BCUT2D eigenvalue weighted by Crippen LogP contribution is -2.44. The van der Waals surface area contributed by atoms with Crippen LogP contribution in [-0.4, -0.2) is 87.6 Å². The van der Waals surface area contributed by atoms with Crippen LogP contribution >= 0.6 is 0 Å². The highest BCUT2D eigenvalue weighted by molar-refractivity contribution is 5.98. The Morgan fingerprint density at radius 2 is 2.00 bits per heavy atom. The highest BCUT2D eigenvalue weighted by atomic mass is 19.1. The number of rotatable bonds is 5. The molecule has 0 unspecified atom stereocenters. The van der Waals surface area contributed by atoms with Crippen LogP contribution in [0.2, 0.25) is 0 Å². The van der Waals surface area contributed by atoms with E-state index >= 15 is 4.39 Å². The average Bonchev–Trinajstić information content (AvgIpc) is 3.63. The van der Waals surface area contributed by atoms with E-state index in [2.05, 4.69) is 35.3 Å². The van der Waals surface area contributed by atoms with Gasteiger partial charge in [0.15, 0.2) is 5.82 Å². The van der Waals surface area contributed by atoms with Gasteiger partial charge in [-0.05, 0) is 37.9 Å². The Morgan fingerprint density at radius 3 is 2.87 bits per heavy atom. The molecule has 9 nitrogen and oxygen atoms in total. The number of ether oxygens (including phenoxy) is 1. The van der Waals surface area contributed by atoms with Gasteiger partial charge in [-0.15, -0.1) is 0 Å². The molecule has 38 heavy (non-hydrogen) atoms. The van der Waals surface area contributed by atoms with Gasteiger partial charge in [-0.25, -0.2) is 8.78 Å². The fourth-order valence-corrected chi connectivity index (χ4v) is 6.47. The number of halogens is 2. The van der Waals surface area contributed by atoms with Gasteiger partial charge in [-0.1, -0.05) is 6.07 Å². The Kier molecular flexibility index (Phi) is 5.66. The Bertz CT molecular complexity index is 1520. The van der Waals surface area contributed by atoms with E-state index in [0.717, 1.165) is 62.0 Å². The fourth-order valence-electron chi connectivity index (χ4n) is 6.47. The van der Waals surface area contributed by atoms with Crippen LogP contribution in [0.15, 0.2) is 24.5 Å². The van der Waals surface area contributed by atoms with Crippen molar-refractivity contribution in [1.82, 2.24) is 35.4 Å². The number of pyridine rings is 1. The summed E-state index contributed by atoms with van der Waals surface area (Å²) >= 11 is 0. The van der Waals surface area contributed by atoms with Crippen LogP contribution in [0.5, 0.6) is 6.01 Å². The molecule has 0 spiro atoms. The molecule has 2 N–H and O–H groups in total. The van der Waals surface area contributed by atoms with Crippen LogP contribution < -0.4 is 15.0 Å². The van der Waals surface area contributed by atoms with Crippen molar-refractivity contribution in [3.05, 3.63) is 35.9 Å². The maximum absolute atomic E-state index is 16.4. The minimum atomic E-state index is -0.854. The number of alkyl halides is 1. The summed E-state index contributed by atoms with van der Waals surface area (Å²) in [5.74, 6) is 0.0894. The predicted molar refractivity (Wildman–Crippen MR) is 141 cm³/mol. The molecule has 3 saturated heterocycles. The molecule has 6 heterocycles. The summed E-state index contributed by atoms with van der Waals surface area (Å²) in [6.07, 6.45) is 4.84. The Hall–Kier alpha value is -3.44. The summed E-state index contributed by atoms with van der Waals surface area (Å²) in [4.78, 5) is 18.2. The van der Waals surface area contributed by atoms with E-state index < -0.39 is 12.0 Å². The number of fused-ring (bicyclic) bond motifs is 3. The van der Waals surface area contributed by atoms with Crippen molar-refractivity contribution in [2.45, 2.75) is 37.9 Å². The first-order valence-corrected chi connectivity index (χ1v) is 13.3. The Balaban J connectivity index is 1.34. The van der Waals surface area contributed by atoms with Gasteiger partial charge in [0.05, 0.1) is 22.6 Å². The summed E-state index contributed by atoms with van der Waals surface area (Å²) in [5, 5.41) is 11.8. The van der Waals surface area contributed by atoms with Gasteiger partial charge in [-0.3, -0.25) is 15.0 Å². The number of aryl methyl sites for hydroxylation is 1. The maximum Gasteiger partial charge on any atom is 0.319 e. The van der Waals surface area contributed by atoms with E-state index in [1.54, 1.807) is 12.4 Å². The Labute approximate surface area is 218 Å². The molecule has 11 heteroatoms. The summed E-state index contributed by atoms with van der Waals surface area (Å²) in [6.45, 7) is 6.58. The van der Waals surface area contributed by atoms with Gasteiger partial charge in [0.25, 0.3) is 0 Å². The fraction of sp³-hybridized carbons (Fsp3) is 0.481. The van der Waals surface area contributed by atoms with Crippen LogP contribution in [0.3, 0.4) is 0 Å². The average molecular weight is 521 g/mol. The van der Waals surface area contributed by atoms with Gasteiger partial charge < -0.3 is 15.0 Å². The molecule has 0 radical (unpaired) electrons. The van der Waals surface area contributed by atoms with Crippen LogP contribution in [-0.2, 0) is 0 Å². The summed E-state index contributed by atoms with van der Waals surface area (Å²) < 4.78 is 36.9. The molecular formula is C27H30F2N8O. The van der Waals surface area contributed by atoms with E-state index in [1.165, 1.54) is 0 Å². The second-order valence-electron chi connectivity index (χ2n) is 10.7. The number of benzene rings is 1. The highest BCUT2D eigenvalue weighted by Crippen LogP contribution is 2.41. The van der Waals surface area contributed by atoms with E-state index in [0.29, 0.717) is 29.7 Å². The summed E-state index contributed by atoms with van der Waals surface area (Å²) in [7, 11) is 0. The first-order valence-electron chi connectivity index (χ1n) is 13.3. The van der Waals surface area contributed by atoms with Gasteiger partial charge in [-0.2, -0.15) is 15.1 Å².